The Kier molecular flexibility index (Phi) is 5.62. The number of hydrogen-bond acceptors (Lipinski definition) is 6. The largest absolute Gasteiger partial charge is 0.453 e. The molecule has 0 amide bonds. The smallest absolute Gasteiger partial charge is 0.217 e. The predicted octanol–water partition coefficient (Wildman–Crippen LogP) is 4.16. The second-order valence-electron chi connectivity index (χ2n) is 5.78. The lowest BCUT2D eigenvalue weighted by molar-refractivity contribution is -0.195. The van der Waals surface area contributed by atoms with E-state index in [4.69, 9.17) is 5.90 Å². The first-order valence-electron chi connectivity index (χ1n) is 7.83. The average molecular weight is 374 g/mol. The van der Waals surface area contributed by atoms with Gasteiger partial charge >= 0.3 is 6.18 Å². The van der Waals surface area contributed by atoms with Gasteiger partial charge < -0.3 is 0 Å². The molecule has 1 saturated carbocycles. The van der Waals surface area contributed by atoms with Crippen molar-refractivity contribution >= 4 is 12.0 Å². The van der Waals surface area contributed by atoms with Crippen molar-refractivity contribution in [3.63, 3.8) is 0 Å². The van der Waals surface area contributed by atoms with Crippen LogP contribution in [0.15, 0.2) is 29.2 Å². The summed E-state index contributed by atoms with van der Waals surface area (Å²) in [5.41, 5.74) is 0.515. The molecule has 0 aliphatic heterocycles. The second-order valence-corrected chi connectivity index (χ2v) is 6.55. The Morgan fingerprint density at radius 1 is 1.12 bits per heavy atom. The van der Waals surface area contributed by atoms with E-state index in [0.717, 1.165) is 44.1 Å². The molecule has 3 rings (SSSR count). The van der Waals surface area contributed by atoms with E-state index in [0.29, 0.717) is 16.4 Å². The van der Waals surface area contributed by atoms with Gasteiger partial charge in [-0.15, -0.1) is 14.4 Å². The second kappa shape index (κ2) is 7.73. The van der Waals surface area contributed by atoms with Crippen LogP contribution in [0.4, 0.5) is 13.2 Å². The van der Waals surface area contributed by atoms with Crippen LogP contribution >= 0.6 is 12.0 Å². The van der Waals surface area contributed by atoms with E-state index in [9.17, 15) is 13.2 Å². The Morgan fingerprint density at radius 2 is 1.80 bits per heavy atom. The fourth-order valence-electron chi connectivity index (χ4n) is 2.96. The van der Waals surface area contributed by atoms with Crippen molar-refractivity contribution in [2.75, 3.05) is 0 Å². The van der Waals surface area contributed by atoms with E-state index in [1.165, 1.54) is 4.68 Å². The minimum Gasteiger partial charge on any atom is -0.217 e. The van der Waals surface area contributed by atoms with E-state index < -0.39 is 12.0 Å². The zero-order valence-corrected chi connectivity index (χ0v) is 14.0. The molecule has 0 spiro atoms. The molecule has 25 heavy (non-hydrogen) atoms. The van der Waals surface area contributed by atoms with Crippen LogP contribution in [0.2, 0.25) is 0 Å². The molecule has 1 aliphatic rings. The third-order valence-electron chi connectivity index (χ3n) is 4.11. The van der Waals surface area contributed by atoms with Crippen molar-refractivity contribution in [2.24, 2.45) is 5.90 Å². The van der Waals surface area contributed by atoms with Gasteiger partial charge in [-0.3, -0.25) is 0 Å². The maximum absolute atomic E-state index is 13.1. The summed E-state index contributed by atoms with van der Waals surface area (Å²) < 4.78 is 45.1. The summed E-state index contributed by atoms with van der Waals surface area (Å²) in [4.78, 5) is 8.51. The number of rotatable bonds is 5. The van der Waals surface area contributed by atoms with E-state index in [2.05, 4.69) is 19.4 Å². The molecule has 1 aromatic heterocycles. The number of benzene rings is 1. The maximum Gasteiger partial charge on any atom is 0.453 e. The summed E-state index contributed by atoms with van der Waals surface area (Å²) in [6.07, 6.45) is 0.162. The third kappa shape index (κ3) is 4.32. The summed E-state index contributed by atoms with van der Waals surface area (Å²) in [6, 6.07) is 6.67. The van der Waals surface area contributed by atoms with E-state index in [1.807, 2.05) is 0 Å². The van der Waals surface area contributed by atoms with Gasteiger partial charge in [0.1, 0.15) is 5.82 Å². The first-order chi connectivity index (χ1) is 12.0. The highest BCUT2D eigenvalue weighted by Crippen LogP contribution is 2.35. The highest BCUT2D eigenvalue weighted by atomic mass is 32.2. The molecule has 1 aromatic carbocycles. The highest BCUT2D eigenvalue weighted by molar-refractivity contribution is 7.94. The van der Waals surface area contributed by atoms with Crippen LogP contribution in [0.1, 0.15) is 49.7 Å². The van der Waals surface area contributed by atoms with E-state index in [-0.39, 0.29) is 5.92 Å². The van der Waals surface area contributed by atoms with Gasteiger partial charge in [0.25, 0.3) is 5.82 Å². The van der Waals surface area contributed by atoms with Crippen molar-refractivity contribution in [2.45, 2.75) is 49.1 Å². The molecule has 6 nitrogen and oxygen atoms in total. The Labute approximate surface area is 146 Å². The number of aromatic nitrogens is 3. The average Bonchev–Trinajstić information content (AvgIpc) is 3.07. The van der Waals surface area contributed by atoms with Gasteiger partial charge in [0.2, 0.25) is 0 Å². The zero-order chi connectivity index (χ0) is 17.9. The van der Waals surface area contributed by atoms with Crippen LogP contribution < -0.4 is 5.90 Å². The molecule has 136 valence electrons. The summed E-state index contributed by atoms with van der Waals surface area (Å²) in [6.45, 7) is 0. The summed E-state index contributed by atoms with van der Waals surface area (Å²) in [5.74, 6) is 4.02. The van der Waals surface area contributed by atoms with Gasteiger partial charge in [-0.2, -0.15) is 19.1 Å². The number of alkyl halides is 3. The van der Waals surface area contributed by atoms with Crippen molar-refractivity contribution in [3.05, 3.63) is 35.9 Å². The number of nitrogens with zero attached hydrogens (tertiary/aromatic N) is 3. The molecule has 1 fully saturated rings. The molecule has 1 aliphatic carbocycles. The molecule has 2 aromatic rings. The Bertz CT molecular complexity index is 700. The Balaban J connectivity index is 1.94. The lowest BCUT2D eigenvalue weighted by atomic mass is 9.88. The fraction of sp³-hybridized carbons (Fsp3) is 0.467. The van der Waals surface area contributed by atoms with Gasteiger partial charge in [-0.1, -0.05) is 19.3 Å². The van der Waals surface area contributed by atoms with Gasteiger partial charge in [0.15, 0.2) is 0 Å². The third-order valence-corrected chi connectivity index (χ3v) is 4.72. The Morgan fingerprint density at radius 3 is 2.40 bits per heavy atom. The summed E-state index contributed by atoms with van der Waals surface area (Å²) in [7, 11) is 0. The number of nitrogens with two attached hydrogens (primary N) is 1. The molecular weight excluding hydrogens is 357 g/mol. The van der Waals surface area contributed by atoms with Gasteiger partial charge in [-0.05, 0) is 37.1 Å². The van der Waals surface area contributed by atoms with Crippen LogP contribution in [0.5, 0.6) is 0 Å². The fourth-order valence-corrected chi connectivity index (χ4v) is 3.33. The van der Waals surface area contributed by atoms with E-state index >= 15 is 0 Å². The summed E-state index contributed by atoms with van der Waals surface area (Å²) >= 11 is 0.894. The van der Waals surface area contributed by atoms with Crippen molar-refractivity contribution in [1.29, 1.82) is 0 Å². The van der Waals surface area contributed by atoms with Crippen molar-refractivity contribution in [1.82, 2.24) is 14.8 Å². The molecular formula is C15H17F3N4O2S. The van der Waals surface area contributed by atoms with Gasteiger partial charge in [0.05, 0.1) is 17.7 Å². The predicted molar refractivity (Wildman–Crippen MR) is 84.4 cm³/mol. The zero-order valence-electron chi connectivity index (χ0n) is 13.2. The Hall–Kier alpha value is -1.62. The van der Waals surface area contributed by atoms with Gasteiger partial charge in [-0.25, -0.2) is 9.67 Å². The van der Waals surface area contributed by atoms with E-state index in [1.54, 1.807) is 24.3 Å². The molecule has 2 N–H and O–H groups in total. The van der Waals surface area contributed by atoms with Crippen LogP contribution in [0, 0.1) is 0 Å². The molecule has 0 bridgehead atoms. The van der Waals surface area contributed by atoms with Crippen LogP contribution in [0.3, 0.4) is 0 Å². The first-order valence-corrected chi connectivity index (χ1v) is 8.58. The minimum absolute atomic E-state index is 0.0135. The summed E-state index contributed by atoms with van der Waals surface area (Å²) in [5, 5.41) is 3.72. The number of halogens is 3. The first kappa shape index (κ1) is 18.2. The molecule has 0 atom stereocenters. The monoisotopic (exact) mass is 374 g/mol. The number of hydrogen-bond donors (Lipinski definition) is 1. The molecule has 0 saturated heterocycles. The molecule has 1 heterocycles. The van der Waals surface area contributed by atoms with Crippen LogP contribution in [-0.4, -0.2) is 14.8 Å². The highest BCUT2D eigenvalue weighted by Gasteiger charge is 2.38. The van der Waals surface area contributed by atoms with Gasteiger partial charge in [0, 0.05) is 10.8 Å². The SMILES string of the molecule is NOOSc1ccc(-n2nc(C(F)(F)F)nc2C2CCCCC2)cc1. The normalized spacial score (nSPS) is 16.3. The lowest BCUT2D eigenvalue weighted by Gasteiger charge is -2.21. The molecule has 0 radical (unpaired) electrons. The van der Waals surface area contributed by atoms with Crippen LogP contribution in [-0.2, 0) is 15.5 Å². The lowest BCUT2D eigenvalue weighted by Crippen LogP contribution is -2.12. The standard InChI is InChI=1S/C15H17F3N4O2S/c16-15(17,18)14-20-13(10-4-2-1-3-5-10)22(21-14)11-6-8-12(9-7-11)25-24-23-19/h6-10H,1-5,19H2. The quantitative estimate of drug-likeness (QED) is 0.481. The minimum atomic E-state index is -4.57. The maximum atomic E-state index is 13.1. The molecule has 10 heteroatoms. The van der Waals surface area contributed by atoms with Crippen molar-refractivity contribution < 1.29 is 22.5 Å². The topological polar surface area (TPSA) is 75.2 Å². The van der Waals surface area contributed by atoms with Crippen molar-refractivity contribution in [3.8, 4) is 5.69 Å². The van der Waals surface area contributed by atoms with Crippen LogP contribution in [0.25, 0.3) is 5.69 Å². The molecule has 0 unspecified atom stereocenters.